The highest BCUT2D eigenvalue weighted by Crippen LogP contribution is 2.20. The van der Waals surface area contributed by atoms with E-state index in [1.807, 2.05) is 6.07 Å². The van der Waals surface area contributed by atoms with E-state index >= 15 is 0 Å². The second kappa shape index (κ2) is 8.06. The molecule has 0 fully saturated rings. The van der Waals surface area contributed by atoms with Gasteiger partial charge in [0.2, 0.25) is 6.79 Å². The van der Waals surface area contributed by atoms with E-state index in [0.717, 1.165) is 0 Å². The average molecular weight is 326 g/mol. The summed E-state index contributed by atoms with van der Waals surface area (Å²) in [7, 11) is 0. The minimum absolute atomic E-state index is 0.113. The van der Waals surface area contributed by atoms with Crippen LogP contribution in [0.25, 0.3) is 0 Å². The maximum Gasteiger partial charge on any atom is 0.316 e. The summed E-state index contributed by atoms with van der Waals surface area (Å²) in [6, 6.07) is 15.8. The smallest absolute Gasteiger partial charge is 0.316 e. The molecule has 1 unspecified atom stereocenters. The zero-order valence-corrected chi connectivity index (χ0v) is 13.5. The van der Waals surface area contributed by atoms with Gasteiger partial charge in [0, 0.05) is 18.1 Å². The van der Waals surface area contributed by atoms with Crippen molar-refractivity contribution in [2.24, 2.45) is 0 Å². The van der Waals surface area contributed by atoms with Gasteiger partial charge in [-0.3, -0.25) is 14.4 Å². The third-order valence-electron chi connectivity index (χ3n) is 3.50. The van der Waals surface area contributed by atoms with Crippen LogP contribution in [0.2, 0.25) is 0 Å². The molecular formula is C19H18O5. The van der Waals surface area contributed by atoms with Crippen LogP contribution in [0.5, 0.6) is 0 Å². The Morgan fingerprint density at radius 2 is 1.58 bits per heavy atom. The average Bonchev–Trinajstić information content (AvgIpc) is 2.61. The first-order chi connectivity index (χ1) is 11.5. The molecule has 2 aromatic rings. The Morgan fingerprint density at radius 3 is 2.25 bits per heavy atom. The molecule has 0 saturated heterocycles. The van der Waals surface area contributed by atoms with Crippen molar-refractivity contribution in [1.82, 2.24) is 0 Å². The van der Waals surface area contributed by atoms with Crippen LogP contribution >= 0.6 is 0 Å². The topological polar surface area (TPSA) is 69.7 Å². The summed E-state index contributed by atoms with van der Waals surface area (Å²) in [6.45, 7) is 2.49. The molecule has 1 atom stereocenters. The Bertz CT molecular complexity index is 736. The number of hydrogen-bond donors (Lipinski definition) is 0. The van der Waals surface area contributed by atoms with E-state index in [0.29, 0.717) is 16.7 Å². The monoisotopic (exact) mass is 326 g/mol. The fourth-order valence-electron chi connectivity index (χ4n) is 2.14. The first kappa shape index (κ1) is 17.4. The summed E-state index contributed by atoms with van der Waals surface area (Å²) < 4.78 is 9.47. The third-order valence-corrected chi connectivity index (χ3v) is 3.50. The van der Waals surface area contributed by atoms with Crippen LogP contribution in [0.1, 0.15) is 41.3 Å². The molecule has 0 aliphatic carbocycles. The molecule has 24 heavy (non-hydrogen) atoms. The molecule has 0 aliphatic rings. The maximum absolute atomic E-state index is 12.5. The van der Waals surface area contributed by atoms with Crippen molar-refractivity contribution in [2.75, 3.05) is 6.79 Å². The molecule has 0 aromatic heterocycles. The van der Waals surface area contributed by atoms with Gasteiger partial charge >= 0.3 is 11.9 Å². The van der Waals surface area contributed by atoms with Gasteiger partial charge in [0.25, 0.3) is 0 Å². The fourth-order valence-corrected chi connectivity index (χ4v) is 2.14. The highest BCUT2D eigenvalue weighted by Gasteiger charge is 2.19. The van der Waals surface area contributed by atoms with Gasteiger partial charge < -0.3 is 9.47 Å². The molecule has 5 heteroatoms. The number of hydrogen-bond acceptors (Lipinski definition) is 5. The molecule has 0 N–H and O–H groups in total. The normalized spacial score (nSPS) is 11.4. The van der Waals surface area contributed by atoms with Crippen LogP contribution in [0.3, 0.4) is 0 Å². The zero-order chi connectivity index (χ0) is 17.5. The van der Waals surface area contributed by atoms with Crippen LogP contribution in [-0.4, -0.2) is 24.5 Å². The Balaban J connectivity index is 2.10. The molecule has 0 heterocycles. The predicted molar refractivity (Wildman–Crippen MR) is 87.5 cm³/mol. The summed E-state index contributed by atoms with van der Waals surface area (Å²) in [5.41, 5.74) is 1.74. The lowest BCUT2D eigenvalue weighted by atomic mass is 9.96. The summed E-state index contributed by atoms with van der Waals surface area (Å²) >= 11 is 0. The number of esters is 2. The molecule has 0 radical (unpaired) electrons. The molecule has 0 bridgehead atoms. The van der Waals surface area contributed by atoms with E-state index in [1.165, 1.54) is 6.92 Å². The van der Waals surface area contributed by atoms with Crippen molar-refractivity contribution >= 4 is 17.7 Å². The summed E-state index contributed by atoms with van der Waals surface area (Å²) in [4.78, 5) is 35.1. The van der Waals surface area contributed by atoms with Crippen LogP contribution in [0.15, 0.2) is 54.6 Å². The molecule has 0 aliphatic heterocycles. The highest BCUT2D eigenvalue weighted by molar-refractivity contribution is 6.09. The summed E-state index contributed by atoms with van der Waals surface area (Å²) in [5, 5.41) is 0. The van der Waals surface area contributed by atoms with Crippen molar-refractivity contribution in [3.8, 4) is 0 Å². The van der Waals surface area contributed by atoms with Gasteiger partial charge in [-0.05, 0) is 18.6 Å². The Hall–Kier alpha value is -2.95. The molecule has 0 amide bonds. The first-order valence-corrected chi connectivity index (χ1v) is 7.48. The maximum atomic E-state index is 12.5. The van der Waals surface area contributed by atoms with E-state index in [9.17, 15) is 14.4 Å². The molecule has 2 aromatic carbocycles. The van der Waals surface area contributed by atoms with Crippen LogP contribution in [-0.2, 0) is 19.1 Å². The number of ether oxygens (including phenoxy) is 2. The summed E-state index contributed by atoms with van der Waals surface area (Å²) in [5.74, 6) is -1.74. The lowest BCUT2D eigenvalue weighted by Gasteiger charge is -2.12. The number of ketones is 1. The molecule has 5 nitrogen and oxygen atoms in total. The molecular weight excluding hydrogens is 308 g/mol. The molecule has 0 spiro atoms. The van der Waals surface area contributed by atoms with Crippen LogP contribution in [0.4, 0.5) is 0 Å². The number of carbonyl (C=O) groups is 3. The lowest BCUT2D eigenvalue weighted by Crippen LogP contribution is -2.16. The standard InChI is InChI=1S/C19H18O5/c1-13(19(22)24-12-23-14(2)20)16-9-6-10-17(11-16)18(21)15-7-4-3-5-8-15/h3-11,13H,12H2,1-2H3. The van der Waals surface area contributed by atoms with Crippen molar-refractivity contribution in [1.29, 1.82) is 0 Å². The Labute approximate surface area is 140 Å². The predicted octanol–water partition coefficient (Wildman–Crippen LogP) is 3.08. The van der Waals surface area contributed by atoms with Gasteiger partial charge in [0.05, 0.1) is 5.92 Å². The third kappa shape index (κ3) is 4.52. The summed E-state index contributed by atoms with van der Waals surface area (Å²) in [6.07, 6.45) is 0. The van der Waals surface area contributed by atoms with Crippen molar-refractivity contribution < 1.29 is 23.9 Å². The van der Waals surface area contributed by atoms with E-state index in [2.05, 4.69) is 4.74 Å². The van der Waals surface area contributed by atoms with Crippen LogP contribution in [0, 0.1) is 0 Å². The number of benzene rings is 2. The van der Waals surface area contributed by atoms with Crippen molar-refractivity contribution in [3.05, 3.63) is 71.3 Å². The second-order valence-corrected chi connectivity index (χ2v) is 5.26. The fraction of sp³-hybridized carbons (Fsp3) is 0.211. The van der Waals surface area contributed by atoms with Gasteiger partial charge in [-0.2, -0.15) is 0 Å². The Morgan fingerprint density at radius 1 is 0.917 bits per heavy atom. The van der Waals surface area contributed by atoms with E-state index < -0.39 is 24.6 Å². The lowest BCUT2D eigenvalue weighted by molar-refractivity contribution is -0.166. The molecule has 2 rings (SSSR count). The van der Waals surface area contributed by atoms with Crippen molar-refractivity contribution in [2.45, 2.75) is 19.8 Å². The second-order valence-electron chi connectivity index (χ2n) is 5.26. The molecule has 0 saturated carbocycles. The first-order valence-electron chi connectivity index (χ1n) is 7.48. The minimum atomic E-state index is -0.580. The zero-order valence-electron chi connectivity index (χ0n) is 13.5. The SMILES string of the molecule is CC(=O)OCOC(=O)C(C)c1cccc(C(=O)c2ccccc2)c1. The Kier molecular flexibility index (Phi) is 5.84. The van der Waals surface area contributed by atoms with E-state index in [4.69, 9.17) is 4.74 Å². The van der Waals surface area contributed by atoms with Gasteiger partial charge in [-0.15, -0.1) is 0 Å². The van der Waals surface area contributed by atoms with Crippen LogP contribution < -0.4 is 0 Å². The minimum Gasteiger partial charge on any atom is -0.428 e. The van der Waals surface area contributed by atoms with Gasteiger partial charge in [0.15, 0.2) is 5.78 Å². The largest absolute Gasteiger partial charge is 0.428 e. The van der Waals surface area contributed by atoms with Gasteiger partial charge in [-0.25, -0.2) is 0 Å². The number of carbonyl (C=O) groups excluding carboxylic acids is 3. The number of rotatable bonds is 6. The van der Waals surface area contributed by atoms with Crippen molar-refractivity contribution in [3.63, 3.8) is 0 Å². The van der Waals surface area contributed by atoms with Gasteiger partial charge in [0.1, 0.15) is 0 Å². The van der Waals surface area contributed by atoms with E-state index in [-0.39, 0.29) is 5.78 Å². The quantitative estimate of drug-likeness (QED) is 0.463. The van der Waals surface area contributed by atoms with Gasteiger partial charge in [-0.1, -0.05) is 48.5 Å². The molecule has 124 valence electrons. The highest BCUT2D eigenvalue weighted by atomic mass is 16.7. The van der Waals surface area contributed by atoms with E-state index in [1.54, 1.807) is 55.5 Å².